The predicted octanol–water partition coefficient (Wildman–Crippen LogP) is 3.99. The largest absolute Gasteiger partial charge is 0.390 e. The van der Waals surface area contributed by atoms with Crippen LogP contribution in [0.3, 0.4) is 0 Å². The van der Waals surface area contributed by atoms with E-state index in [0.29, 0.717) is 41.4 Å². The molecule has 220 valence electrons. The third-order valence-electron chi connectivity index (χ3n) is 9.49. The average molecular weight is 561 g/mol. The highest BCUT2D eigenvalue weighted by Crippen LogP contribution is 2.41. The molecule has 0 saturated heterocycles. The van der Waals surface area contributed by atoms with Crippen LogP contribution in [0.15, 0.2) is 30.9 Å². The minimum Gasteiger partial charge on any atom is -0.390 e. The lowest BCUT2D eigenvalue weighted by atomic mass is 9.76. The molecule has 5 N–H and O–H groups in total. The van der Waals surface area contributed by atoms with Gasteiger partial charge in [0.2, 0.25) is 0 Å². The van der Waals surface area contributed by atoms with Crippen LogP contribution in [0, 0.1) is 11.8 Å². The number of nitrogens with two attached hydrogens (primary N) is 1. The molecular weight excluding hydrogens is 516 g/mol. The van der Waals surface area contributed by atoms with Crippen molar-refractivity contribution in [2.24, 2.45) is 11.8 Å². The number of nitrogens with one attached hydrogen (secondary N) is 1. The van der Waals surface area contributed by atoms with Gasteiger partial charge in [0.25, 0.3) is 0 Å². The van der Waals surface area contributed by atoms with Gasteiger partial charge in [0.05, 0.1) is 29.5 Å². The van der Waals surface area contributed by atoms with Crippen LogP contribution in [-0.4, -0.2) is 75.4 Å². The van der Waals surface area contributed by atoms with Crippen LogP contribution in [0.5, 0.6) is 0 Å². The Hall–Kier alpha value is -3.08. The first-order valence-electron chi connectivity index (χ1n) is 15.0. The van der Waals surface area contributed by atoms with Crippen molar-refractivity contribution in [2.75, 3.05) is 12.3 Å². The number of fused-ring (bicyclic) bond motifs is 2. The number of aromatic amines is 1. The Labute approximate surface area is 241 Å². The Morgan fingerprint density at radius 2 is 1.88 bits per heavy atom. The van der Waals surface area contributed by atoms with E-state index in [-0.39, 0.29) is 17.4 Å². The number of anilines is 1. The van der Waals surface area contributed by atoms with Crippen molar-refractivity contribution in [1.29, 1.82) is 0 Å². The number of nitrogens with zero attached hydrogens (tertiary/aromatic N) is 6. The van der Waals surface area contributed by atoms with Gasteiger partial charge in [0, 0.05) is 31.0 Å². The number of rotatable bonds is 8. The second-order valence-corrected chi connectivity index (χ2v) is 13.6. The lowest BCUT2D eigenvalue weighted by Crippen LogP contribution is -2.51. The van der Waals surface area contributed by atoms with E-state index in [2.05, 4.69) is 77.7 Å². The van der Waals surface area contributed by atoms with Gasteiger partial charge >= 0.3 is 0 Å². The monoisotopic (exact) mass is 560 g/mol. The smallest absolute Gasteiger partial charge is 0.165 e. The number of benzene rings is 1. The molecule has 10 heteroatoms. The lowest BCUT2D eigenvalue weighted by Gasteiger charge is -2.46. The first-order valence-corrected chi connectivity index (χ1v) is 15.0. The minimum atomic E-state index is -0.889. The van der Waals surface area contributed by atoms with Gasteiger partial charge in [0.15, 0.2) is 11.5 Å². The molecule has 0 spiro atoms. The van der Waals surface area contributed by atoms with Gasteiger partial charge < -0.3 is 25.5 Å². The number of hydrogen-bond donors (Lipinski definition) is 4. The quantitative estimate of drug-likeness (QED) is 0.253. The highest BCUT2D eigenvalue weighted by molar-refractivity contribution is 5.81. The van der Waals surface area contributed by atoms with E-state index < -0.39 is 12.2 Å². The molecule has 3 heterocycles. The molecule has 0 amide bonds. The molecular formula is C31H44N8O2. The van der Waals surface area contributed by atoms with Gasteiger partial charge in [-0.25, -0.2) is 19.9 Å². The molecule has 0 aliphatic heterocycles. The maximum absolute atomic E-state index is 11.1. The van der Waals surface area contributed by atoms with E-state index in [4.69, 9.17) is 10.7 Å². The lowest BCUT2D eigenvalue weighted by molar-refractivity contribution is -0.0180. The molecule has 4 atom stereocenters. The number of nitrogen functional groups attached to an aromatic ring is 1. The van der Waals surface area contributed by atoms with E-state index in [1.54, 1.807) is 6.33 Å². The van der Waals surface area contributed by atoms with Crippen molar-refractivity contribution in [2.45, 2.75) is 102 Å². The fourth-order valence-corrected chi connectivity index (χ4v) is 6.91. The molecule has 2 aliphatic rings. The zero-order chi connectivity index (χ0) is 29.1. The zero-order valence-electron chi connectivity index (χ0n) is 24.8. The maximum atomic E-state index is 11.1. The Balaban J connectivity index is 1.06. The van der Waals surface area contributed by atoms with Gasteiger partial charge in [-0.15, -0.1) is 0 Å². The highest BCUT2D eigenvalue weighted by atomic mass is 16.3. The molecule has 10 nitrogen and oxygen atoms in total. The summed E-state index contributed by atoms with van der Waals surface area (Å²) in [4.78, 5) is 23.7. The zero-order valence-corrected chi connectivity index (χ0v) is 24.8. The first-order chi connectivity index (χ1) is 19.5. The summed E-state index contributed by atoms with van der Waals surface area (Å²) in [5, 5.41) is 22.1. The van der Waals surface area contributed by atoms with Gasteiger partial charge in [-0.05, 0) is 68.6 Å². The molecule has 0 unspecified atom stereocenters. The molecule has 0 bridgehead atoms. The normalized spacial score (nSPS) is 27.0. The Bertz CT molecular complexity index is 1520. The van der Waals surface area contributed by atoms with E-state index in [1.165, 1.54) is 11.9 Å². The molecule has 2 aliphatic carbocycles. The molecule has 4 aromatic rings. The number of aromatic nitrogens is 6. The number of imidazole rings is 2. The van der Waals surface area contributed by atoms with E-state index >= 15 is 0 Å². The average Bonchev–Trinajstić information content (AvgIpc) is 3.58. The maximum Gasteiger partial charge on any atom is 0.165 e. The third kappa shape index (κ3) is 5.33. The Morgan fingerprint density at radius 3 is 2.61 bits per heavy atom. The van der Waals surface area contributed by atoms with Gasteiger partial charge in [-0.1, -0.05) is 26.8 Å². The fourth-order valence-electron chi connectivity index (χ4n) is 6.91. The summed E-state index contributed by atoms with van der Waals surface area (Å²) in [6.45, 7) is 11.9. The van der Waals surface area contributed by atoms with Crippen LogP contribution in [0.2, 0.25) is 0 Å². The summed E-state index contributed by atoms with van der Waals surface area (Å²) in [5.41, 5.74) is 10.7. The van der Waals surface area contributed by atoms with Crippen LogP contribution in [-0.2, 0) is 11.8 Å². The number of hydrogen-bond acceptors (Lipinski definition) is 8. The van der Waals surface area contributed by atoms with Crippen LogP contribution in [0.4, 0.5) is 5.82 Å². The Morgan fingerprint density at radius 1 is 1.10 bits per heavy atom. The van der Waals surface area contributed by atoms with Crippen molar-refractivity contribution in [1.82, 2.24) is 34.4 Å². The van der Waals surface area contributed by atoms with E-state index in [0.717, 1.165) is 49.1 Å². The van der Waals surface area contributed by atoms with Crippen LogP contribution in [0.25, 0.3) is 22.2 Å². The molecule has 3 aromatic heterocycles. The summed E-state index contributed by atoms with van der Waals surface area (Å²) < 4.78 is 1.85. The summed E-state index contributed by atoms with van der Waals surface area (Å²) in [5.74, 6) is 2.03. The topological polar surface area (TPSA) is 142 Å². The van der Waals surface area contributed by atoms with E-state index in [9.17, 15) is 10.2 Å². The summed E-state index contributed by atoms with van der Waals surface area (Å²) in [6, 6.07) is 7.12. The first kappa shape index (κ1) is 28.1. The number of aliphatic hydroxyl groups is 2. The second kappa shape index (κ2) is 10.6. The SMILES string of the molecule is CC(C)N(C[C@H]1C[C@@H](n2cnc3c(N)ncnc32)[C@H](O)[C@@H]1O)[C@H]1C[C@@H](CCc2nc3cc(C(C)(C)C)ccc3[nH]2)C1. The summed E-state index contributed by atoms with van der Waals surface area (Å²) >= 11 is 0. The van der Waals surface area contributed by atoms with Crippen LogP contribution >= 0.6 is 0 Å². The third-order valence-corrected chi connectivity index (χ3v) is 9.49. The van der Waals surface area contributed by atoms with Crippen LogP contribution in [0.1, 0.15) is 77.7 Å². The predicted molar refractivity (Wildman–Crippen MR) is 160 cm³/mol. The Kier molecular flexibility index (Phi) is 7.28. The number of aryl methyl sites for hydroxylation is 1. The second-order valence-electron chi connectivity index (χ2n) is 13.6. The summed E-state index contributed by atoms with van der Waals surface area (Å²) in [6.07, 6.45) is 6.42. The van der Waals surface area contributed by atoms with Crippen molar-refractivity contribution in [3.8, 4) is 0 Å². The van der Waals surface area contributed by atoms with Crippen LogP contribution < -0.4 is 5.73 Å². The van der Waals surface area contributed by atoms with Crippen molar-refractivity contribution in [3.63, 3.8) is 0 Å². The molecule has 41 heavy (non-hydrogen) atoms. The minimum absolute atomic E-state index is 0.0402. The van der Waals surface area contributed by atoms with Crippen molar-refractivity contribution >= 4 is 28.0 Å². The molecule has 2 saturated carbocycles. The molecule has 2 fully saturated rings. The highest BCUT2D eigenvalue weighted by Gasteiger charge is 2.45. The number of aliphatic hydroxyl groups excluding tert-OH is 2. The van der Waals surface area contributed by atoms with Gasteiger partial charge in [0.1, 0.15) is 23.8 Å². The van der Waals surface area contributed by atoms with Crippen molar-refractivity contribution in [3.05, 3.63) is 42.2 Å². The fraction of sp³-hybridized carbons (Fsp3) is 0.613. The number of H-pyrrole nitrogens is 1. The van der Waals surface area contributed by atoms with Crippen molar-refractivity contribution < 1.29 is 10.2 Å². The van der Waals surface area contributed by atoms with Gasteiger partial charge in [-0.2, -0.15) is 0 Å². The molecule has 0 radical (unpaired) electrons. The molecule has 6 rings (SSSR count). The standard InChI is InChI=1S/C31H44N8O2/c1-17(2)38(14-19-12-24(28(41)27(19)40)39-16-35-26-29(32)33-15-34-30(26)39)21-10-18(11-21)6-9-25-36-22-8-7-20(31(3,4)5)13-23(22)37-25/h7-8,13,15-19,21,24,27-28,40-41H,6,9-12,14H2,1-5H3,(H,36,37)(H2,32,33,34)/t18-,19-,21+,24-,27-,28+/m1/s1. The molecule has 1 aromatic carbocycles. The van der Waals surface area contributed by atoms with E-state index in [1.807, 2.05) is 4.57 Å². The van der Waals surface area contributed by atoms with Gasteiger partial charge in [-0.3, -0.25) is 4.90 Å². The summed E-state index contributed by atoms with van der Waals surface area (Å²) in [7, 11) is 0.